The van der Waals surface area contributed by atoms with Gasteiger partial charge in [-0.3, -0.25) is 30.3 Å². The molecule has 4 atom stereocenters. The maximum Gasteiger partial charge on any atom is 0.409 e. The van der Waals surface area contributed by atoms with E-state index in [1.54, 1.807) is 28.2 Å². The maximum absolute atomic E-state index is 11.9. The summed E-state index contributed by atoms with van der Waals surface area (Å²) in [6.07, 6.45) is 14.4. The molecule has 2 fully saturated rings. The van der Waals surface area contributed by atoms with Gasteiger partial charge in [0.2, 0.25) is 0 Å². The Labute approximate surface area is 305 Å². The molecule has 1 N–H and O–H groups in total. The molecule has 18 nitrogen and oxygen atoms in total. The summed E-state index contributed by atoms with van der Waals surface area (Å²) >= 11 is 0. The monoisotopic (exact) mass is 741 g/mol. The predicted octanol–water partition coefficient (Wildman–Crippen LogP) is 5.84. The quantitative estimate of drug-likeness (QED) is 0.0921. The highest BCUT2D eigenvalue weighted by atomic mass is 16.6. The molecule has 294 valence electrons. The number of carbonyl (C=O) groups excluding carboxylic acids is 2. The van der Waals surface area contributed by atoms with Crippen LogP contribution in [0.15, 0.2) is 12.1 Å². The predicted molar refractivity (Wildman–Crippen MR) is 193 cm³/mol. The van der Waals surface area contributed by atoms with Gasteiger partial charge in [0, 0.05) is 41.0 Å². The number of aromatic hydroxyl groups is 1. The Kier molecular flexibility index (Phi) is 17.4. The van der Waals surface area contributed by atoms with E-state index in [4.69, 9.17) is 14.6 Å². The SMILES string of the molecule is CN(C)C(=O)OC1CCC[N+](C)(CCCCCCCCCC[N+]2(C)CCCC(OC(=O)N(C)C)C2)C1.O=[N+]([O-])c1cc([N+](=O)[O-])c(O)c([N+](=O)[O-])c1. The normalized spacial score (nSPS) is 22.7. The van der Waals surface area contributed by atoms with Crippen LogP contribution in [0.1, 0.15) is 77.0 Å². The number of non-ortho nitro benzene ring substituents is 1. The number of phenols is 1. The van der Waals surface area contributed by atoms with Crippen LogP contribution in [-0.4, -0.2) is 145 Å². The third kappa shape index (κ3) is 14.7. The first kappa shape index (κ1) is 43.8. The van der Waals surface area contributed by atoms with Crippen molar-refractivity contribution in [1.82, 2.24) is 9.80 Å². The molecule has 1 aromatic rings. The van der Waals surface area contributed by atoms with Crippen molar-refractivity contribution in [2.75, 3.05) is 81.6 Å². The van der Waals surface area contributed by atoms with E-state index in [9.17, 15) is 39.9 Å². The van der Waals surface area contributed by atoms with Crippen molar-refractivity contribution in [3.05, 3.63) is 42.5 Å². The molecule has 2 amide bonds. The molecular formula is C34H59N7O11+2. The lowest BCUT2D eigenvalue weighted by molar-refractivity contribution is -0.917. The van der Waals surface area contributed by atoms with E-state index in [2.05, 4.69) is 14.1 Å². The first-order valence-corrected chi connectivity index (χ1v) is 18.1. The molecule has 2 saturated heterocycles. The molecule has 0 saturated carbocycles. The number of nitro benzene ring substituents is 3. The van der Waals surface area contributed by atoms with Gasteiger partial charge in [-0.05, 0) is 38.5 Å². The zero-order valence-corrected chi connectivity index (χ0v) is 31.7. The summed E-state index contributed by atoms with van der Waals surface area (Å²) in [5, 5.41) is 40.2. The van der Waals surface area contributed by atoms with E-state index in [1.807, 2.05) is 0 Å². The number of hydrogen-bond acceptors (Lipinski definition) is 11. The lowest BCUT2D eigenvalue weighted by atomic mass is 10.0. The van der Waals surface area contributed by atoms with Crippen LogP contribution >= 0.6 is 0 Å². The number of quaternary nitrogens is 2. The van der Waals surface area contributed by atoms with Crippen molar-refractivity contribution in [2.45, 2.75) is 89.3 Å². The number of carbonyl (C=O) groups is 2. The minimum atomic E-state index is -1.21. The minimum Gasteiger partial charge on any atom is -0.497 e. The van der Waals surface area contributed by atoms with Gasteiger partial charge in [0.15, 0.2) is 12.2 Å². The van der Waals surface area contributed by atoms with Crippen molar-refractivity contribution < 1.29 is 47.9 Å². The molecule has 4 unspecified atom stereocenters. The molecule has 0 aromatic heterocycles. The first-order chi connectivity index (χ1) is 24.4. The lowest BCUT2D eigenvalue weighted by Gasteiger charge is -2.41. The van der Waals surface area contributed by atoms with E-state index in [-0.39, 0.29) is 24.4 Å². The maximum atomic E-state index is 11.9. The number of unbranched alkanes of at least 4 members (excludes halogenated alkanes) is 7. The molecule has 2 aliphatic heterocycles. The number of likely N-dealkylation sites (tertiary alicyclic amines) is 2. The molecule has 1 aromatic carbocycles. The third-order valence-electron chi connectivity index (χ3n) is 9.81. The molecule has 2 aliphatic rings. The van der Waals surface area contributed by atoms with E-state index in [1.165, 1.54) is 87.3 Å². The largest absolute Gasteiger partial charge is 0.497 e. The Hall–Kier alpha value is -4.32. The van der Waals surface area contributed by atoms with Crippen molar-refractivity contribution in [3.8, 4) is 5.75 Å². The Balaban J connectivity index is 0.000000487. The van der Waals surface area contributed by atoms with Gasteiger partial charge in [0.05, 0.1) is 67.2 Å². The van der Waals surface area contributed by atoms with Crippen molar-refractivity contribution >= 4 is 29.2 Å². The third-order valence-corrected chi connectivity index (χ3v) is 9.81. The highest BCUT2D eigenvalue weighted by molar-refractivity contribution is 5.67. The van der Waals surface area contributed by atoms with E-state index < -0.39 is 37.6 Å². The van der Waals surface area contributed by atoms with Gasteiger partial charge >= 0.3 is 23.6 Å². The first-order valence-electron chi connectivity index (χ1n) is 18.1. The zero-order valence-electron chi connectivity index (χ0n) is 31.7. The van der Waals surface area contributed by atoms with Gasteiger partial charge in [-0.2, -0.15) is 0 Å². The number of likely N-dealkylation sites (N-methyl/N-ethyl adjacent to an activating group) is 2. The van der Waals surface area contributed by atoms with Crippen molar-refractivity contribution in [3.63, 3.8) is 0 Å². The van der Waals surface area contributed by atoms with Crippen LogP contribution in [0.2, 0.25) is 0 Å². The number of phenolic OH excluding ortho intramolecular Hbond substituents is 1. The Morgan fingerprint density at radius 2 is 1.04 bits per heavy atom. The number of amides is 2. The molecule has 0 spiro atoms. The van der Waals surface area contributed by atoms with Crippen LogP contribution in [-0.2, 0) is 9.47 Å². The fourth-order valence-corrected chi connectivity index (χ4v) is 6.87. The van der Waals surface area contributed by atoms with E-state index >= 15 is 0 Å². The summed E-state index contributed by atoms with van der Waals surface area (Å²) in [6, 6.07) is 0.894. The molecular weight excluding hydrogens is 682 g/mol. The van der Waals surface area contributed by atoms with Gasteiger partial charge in [0.1, 0.15) is 13.1 Å². The molecule has 0 bridgehead atoms. The number of nitro groups is 3. The van der Waals surface area contributed by atoms with Gasteiger partial charge in [-0.1, -0.05) is 25.7 Å². The van der Waals surface area contributed by atoms with Crippen molar-refractivity contribution in [2.24, 2.45) is 0 Å². The summed E-state index contributed by atoms with van der Waals surface area (Å²) in [7, 11) is 11.6. The summed E-state index contributed by atoms with van der Waals surface area (Å²) in [6.45, 7) is 6.69. The van der Waals surface area contributed by atoms with E-state index in [0.29, 0.717) is 12.1 Å². The Morgan fingerprint density at radius 3 is 1.35 bits per heavy atom. The standard InChI is InChI=1S/C28H56N4O4.C6H3N3O7/c1-29(2)27(33)35-25-17-15-21-31(5,23-25)19-13-11-9-7-8-10-12-14-20-32(6)22-16-18-26(24-32)36-28(34)30(3)4;10-6-4(8(13)14)1-3(7(11)12)2-5(6)9(15)16/h25-26H,7-24H2,1-6H3;1-2,10H/q+2;. The number of rotatable bonds is 16. The minimum absolute atomic E-state index is 0.0621. The van der Waals surface area contributed by atoms with E-state index in [0.717, 1.165) is 47.7 Å². The average molecular weight is 742 g/mol. The second kappa shape index (κ2) is 20.7. The summed E-state index contributed by atoms with van der Waals surface area (Å²) in [5.41, 5.74) is -3.00. The van der Waals surface area contributed by atoms with Crippen LogP contribution in [0.4, 0.5) is 26.7 Å². The number of hydrogen-bond donors (Lipinski definition) is 1. The fourth-order valence-electron chi connectivity index (χ4n) is 6.87. The van der Waals surface area contributed by atoms with Crippen LogP contribution in [0, 0.1) is 30.3 Å². The average Bonchev–Trinajstić information content (AvgIpc) is 3.05. The molecule has 0 aliphatic carbocycles. The summed E-state index contributed by atoms with van der Waals surface area (Å²) in [5.74, 6) is -1.21. The van der Waals surface area contributed by atoms with Gasteiger partial charge < -0.3 is 33.3 Å². The second-order valence-corrected chi connectivity index (χ2v) is 15.0. The summed E-state index contributed by atoms with van der Waals surface area (Å²) in [4.78, 5) is 54.6. The van der Waals surface area contributed by atoms with Crippen LogP contribution < -0.4 is 0 Å². The fraction of sp³-hybridized carbons (Fsp3) is 0.765. The smallest absolute Gasteiger partial charge is 0.409 e. The molecule has 2 heterocycles. The molecule has 0 radical (unpaired) electrons. The number of ether oxygens (including phenoxy) is 2. The number of nitrogens with zero attached hydrogens (tertiary/aromatic N) is 7. The van der Waals surface area contributed by atoms with Crippen LogP contribution in [0.5, 0.6) is 5.75 Å². The van der Waals surface area contributed by atoms with Crippen LogP contribution in [0.3, 0.4) is 0 Å². The van der Waals surface area contributed by atoms with Gasteiger partial charge in [-0.25, -0.2) is 9.59 Å². The number of benzene rings is 1. The number of piperidine rings is 2. The highest BCUT2D eigenvalue weighted by Gasteiger charge is 2.35. The van der Waals surface area contributed by atoms with Gasteiger partial charge in [0.25, 0.3) is 11.4 Å². The zero-order chi connectivity index (χ0) is 39.1. The van der Waals surface area contributed by atoms with Gasteiger partial charge in [-0.15, -0.1) is 0 Å². The Morgan fingerprint density at radius 1 is 0.692 bits per heavy atom. The Bertz CT molecular complexity index is 1290. The van der Waals surface area contributed by atoms with Crippen molar-refractivity contribution in [1.29, 1.82) is 0 Å². The van der Waals surface area contributed by atoms with Crippen LogP contribution in [0.25, 0.3) is 0 Å². The lowest BCUT2D eigenvalue weighted by Crippen LogP contribution is -2.54. The second-order valence-electron chi connectivity index (χ2n) is 15.0. The highest BCUT2D eigenvalue weighted by Crippen LogP contribution is 2.39. The topological polar surface area (TPSA) is 209 Å². The molecule has 18 heteroatoms. The molecule has 52 heavy (non-hydrogen) atoms. The molecule has 3 rings (SSSR count). The summed E-state index contributed by atoms with van der Waals surface area (Å²) < 4.78 is 13.4.